The summed E-state index contributed by atoms with van der Waals surface area (Å²) in [5, 5.41) is 11.2. The summed E-state index contributed by atoms with van der Waals surface area (Å²) in [4.78, 5) is 21.4. The molecule has 3 rings (SSSR count). The summed E-state index contributed by atoms with van der Waals surface area (Å²) in [6.07, 6.45) is 4.65. The number of hydrogen-bond donors (Lipinski definition) is 2. The second kappa shape index (κ2) is 12.7. The van der Waals surface area contributed by atoms with E-state index in [0.717, 1.165) is 64.6 Å². The van der Waals surface area contributed by atoms with E-state index in [4.69, 9.17) is 0 Å². The maximum Gasteiger partial charge on any atom is 0.225 e. The van der Waals surface area contributed by atoms with Crippen LogP contribution >= 0.6 is 35.3 Å². The summed E-state index contributed by atoms with van der Waals surface area (Å²) in [6.45, 7) is 8.64. The predicted octanol–water partition coefficient (Wildman–Crippen LogP) is 2.97. The lowest BCUT2D eigenvalue weighted by molar-refractivity contribution is -0.137. The predicted molar refractivity (Wildman–Crippen MR) is 132 cm³/mol. The first-order chi connectivity index (χ1) is 13.7. The van der Waals surface area contributed by atoms with Crippen molar-refractivity contribution in [3.05, 3.63) is 22.4 Å². The lowest BCUT2D eigenvalue weighted by Gasteiger charge is -2.36. The van der Waals surface area contributed by atoms with E-state index in [1.807, 2.05) is 7.05 Å². The summed E-state index contributed by atoms with van der Waals surface area (Å²) >= 11 is 1.74. The first-order valence-corrected chi connectivity index (χ1v) is 11.6. The molecule has 1 amide bonds. The van der Waals surface area contributed by atoms with Crippen molar-refractivity contribution in [2.75, 3.05) is 52.9 Å². The van der Waals surface area contributed by atoms with Crippen molar-refractivity contribution in [3.63, 3.8) is 0 Å². The van der Waals surface area contributed by atoms with Gasteiger partial charge in [-0.15, -0.1) is 24.0 Å². The van der Waals surface area contributed by atoms with Crippen LogP contribution in [0.5, 0.6) is 0 Å². The van der Waals surface area contributed by atoms with Crippen LogP contribution in [0.15, 0.2) is 21.8 Å². The quantitative estimate of drug-likeness (QED) is 0.322. The first kappa shape index (κ1) is 24.4. The Morgan fingerprint density at radius 2 is 1.97 bits per heavy atom. The van der Waals surface area contributed by atoms with Crippen molar-refractivity contribution < 1.29 is 4.79 Å². The fourth-order valence-electron chi connectivity index (χ4n) is 4.10. The molecule has 1 saturated heterocycles. The molecular weight excluding hydrogens is 497 g/mol. The number of carbonyl (C=O) groups excluding carboxylic acids is 1. The van der Waals surface area contributed by atoms with Crippen LogP contribution in [-0.2, 0) is 4.79 Å². The largest absolute Gasteiger partial charge is 0.356 e. The van der Waals surface area contributed by atoms with Gasteiger partial charge in [0, 0.05) is 58.8 Å². The molecule has 0 spiro atoms. The van der Waals surface area contributed by atoms with Crippen molar-refractivity contribution in [2.24, 2.45) is 10.9 Å². The van der Waals surface area contributed by atoms with Gasteiger partial charge < -0.3 is 15.5 Å². The van der Waals surface area contributed by atoms with E-state index < -0.39 is 0 Å². The lowest BCUT2D eigenvalue weighted by Crippen LogP contribution is -2.52. The molecule has 0 bridgehead atoms. The molecule has 1 aliphatic heterocycles. The Labute approximate surface area is 196 Å². The van der Waals surface area contributed by atoms with E-state index >= 15 is 0 Å². The van der Waals surface area contributed by atoms with Gasteiger partial charge in [0.05, 0.1) is 0 Å². The summed E-state index contributed by atoms with van der Waals surface area (Å²) in [5.41, 5.74) is 1.37. The van der Waals surface area contributed by atoms with E-state index in [2.05, 4.69) is 49.2 Å². The topological polar surface area (TPSA) is 60.0 Å². The van der Waals surface area contributed by atoms with Crippen LogP contribution in [0.1, 0.15) is 44.1 Å². The molecule has 1 aliphatic carbocycles. The Kier molecular flexibility index (Phi) is 10.7. The first-order valence-electron chi connectivity index (χ1n) is 10.6. The molecule has 2 fully saturated rings. The standard InChI is InChI=1S/C21H35N5OS.HI/c1-17(19-7-14-28-16-19)15-24-21(22-2)23-8-9-25-10-12-26(13-11-25)20(27)18-5-3-4-6-18;/h7,14,16-18H,3-6,8-13,15H2,1-2H3,(H2,22,23,24);1H. The van der Waals surface area contributed by atoms with Crippen molar-refractivity contribution in [3.8, 4) is 0 Å². The number of nitrogens with zero attached hydrogens (tertiary/aromatic N) is 3. The second-order valence-electron chi connectivity index (χ2n) is 7.99. The minimum Gasteiger partial charge on any atom is -0.356 e. The number of hydrogen-bond acceptors (Lipinski definition) is 4. The van der Waals surface area contributed by atoms with Gasteiger partial charge in [0.25, 0.3) is 0 Å². The smallest absolute Gasteiger partial charge is 0.225 e. The zero-order valence-electron chi connectivity index (χ0n) is 17.7. The monoisotopic (exact) mass is 533 g/mol. The molecule has 6 nitrogen and oxygen atoms in total. The van der Waals surface area contributed by atoms with Gasteiger partial charge in [0.2, 0.25) is 5.91 Å². The Hall–Kier alpha value is -0.870. The number of nitrogens with one attached hydrogen (secondary N) is 2. The van der Waals surface area contributed by atoms with Gasteiger partial charge in [-0.05, 0) is 41.1 Å². The number of rotatable bonds is 7. The third-order valence-electron chi connectivity index (χ3n) is 6.02. The van der Waals surface area contributed by atoms with E-state index in [0.29, 0.717) is 17.7 Å². The van der Waals surface area contributed by atoms with Gasteiger partial charge in [-0.1, -0.05) is 19.8 Å². The number of amides is 1. The molecule has 1 unspecified atom stereocenters. The van der Waals surface area contributed by atoms with Gasteiger partial charge in [-0.25, -0.2) is 0 Å². The van der Waals surface area contributed by atoms with Crippen LogP contribution in [0.25, 0.3) is 0 Å². The fraction of sp³-hybridized carbons (Fsp3) is 0.714. The molecule has 2 heterocycles. The third kappa shape index (κ3) is 7.40. The highest BCUT2D eigenvalue weighted by molar-refractivity contribution is 14.0. The molecule has 164 valence electrons. The van der Waals surface area contributed by atoms with Gasteiger partial charge in [0.1, 0.15) is 0 Å². The van der Waals surface area contributed by atoms with Gasteiger partial charge in [0.15, 0.2) is 5.96 Å². The number of guanidine groups is 1. The molecule has 1 aromatic heterocycles. The van der Waals surface area contributed by atoms with Crippen LogP contribution in [0.2, 0.25) is 0 Å². The molecule has 0 radical (unpaired) electrons. The summed E-state index contributed by atoms with van der Waals surface area (Å²) < 4.78 is 0. The van der Waals surface area contributed by atoms with Gasteiger partial charge in [-0.2, -0.15) is 11.3 Å². The zero-order chi connectivity index (χ0) is 19.8. The highest BCUT2D eigenvalue weighted by atomic mass is 127. The Bertz CT molecular complexity index is 625. The summed E-state index contributed by atoms with van der Waals surface area (Å²) in [5.74, 6) is 2.03. The second-order valence-corrected chi connectivity index (χ2v) is 8.77. The van der Waals surface area contributed by atoms with Crippen LogP contribution in [0.3, 0.4) is 0 Å². The normalized spacial score (nSPS) is 19.7. The molecule has 1 saturated carbocycles. The molecule has 29 heavy (non-hydrogen) atoms. The third-order valence-corrected chi connectivity index (χ3v) is 6.72. The van der Waals surface area contributed by atoms with Crippen LogP contribution in [0.4, 0.5) is 0 Å². The van der Waals surface area contributed by atoms with E-state index in [-0.39, 0.29) is 24.0 Å². The van der Waals surface area contributed by atoms with Crippen molar-refractivity contribution in [1.29, 1.82) is 0 Å². The Morgan fingerprint density at radius 1 is 1.24 bits per heavy atom. The lowest BCUT2D eigenvalue weighted by atomic mass is 10.1. The SMILES string of the molecule is CN=C(NCCN1CCN(C(=O)C2CCCC2)CC1)NCC(C)c1ccsc1.I. The zero-order valence-corrected chi connectivity index (χ0v) is 20.9. The van der Waals surface area contributed by atoms with Crippen LogP contribution < -0.4 is 10.6 Å². The summed E-state index contributed by atoms with van der Waals surface area (Å²) in [6, 6.07) is 2.18. The van der Waals surface area contributed by atoms with Crippen molar-refractivity contribution in [2.45, 2.75) is 38.5 Å². The maximum atomic E-state index is 12.5. The van der Waals surface area contributed by atoms with Crippen LogP contribution in [-0.4, -0.2) is 74.5 Å². The Balaban J connectivity index is 0.00000300. The minimum absolute atomic E-state index is 0. The highest BCUT2D eigenvalue weighted by Crippen LogP contribution is 2.26. The number of halogens is 1. The number of aliphatic imine (C=N–C) groups is 1. The van der Waals surface area contributed by atoms with E-state index in [9.17, 15) is 4.79 Å². The van der Waals surface area contributed by atoms with Gasteiger partial charge >= 0.3 is 0 Å². The van der Waals surface area contributed by atoms with E-state index in [1.165, 1.54) is 18.4 Å². The summed E-state index contributed by atoms with van der Waals surface area (Å²) in [7, 11) is 1.82. The maximum absolute atomic E-state index is 12.5. The average Bonchev–Trinajstić information content (AvgIpc) is 3.44. The average molecular weight is 534 g/mol. The van der Waals surface area contributed by atoms with Crippen molar-refractivity contribution in [1.82, 2.24) is 20.4 Å². The van der Waals surface area contributed by atoms with Crippen LogP contribution in [0, 0.1) is 5.92 Å². The molecule has 1 atom stereocenters. The molecule has 2 aliphatic rings. The number of thiophene rings is 1. The minimum atomic E-state index is 0. The Morgan fingerprint density at radius 3 is 2.59 bits per heavy atom. The molecular formula is C21H36IN5OS. The molecule has 2 N–H and O–H groups in total. The van der Waals surface area contributed by atoms with Gasteiger partial charge in [-0.3, -0.25) is 14.7 Å². The fourth-order valence-corrected chi connectivity index (χ4v) is 4.88. The highest BCUT2D eigenvalue weighted by Gasteiger charge is 2.29. The van der Waals surface area contributed by atoms with E-state index in [1.54, 1.807) is 11.3 Å². The molecule has 8 heteroatoms. The molecule has 1 aromatic rings. The number of piperazine rings is 1. The van der Waals surface area contributed by atoms with Crippen molar-refractivity contribution >= 4 is 47.2 Å². The molecule has 0 aromatic carbocycles. The number of carbonyl (C=O) groups is 1.